The molecule has 0 saturated carbocycles. The number of esters is 1. The number of likely N-dealkylation sites (tertiary alicyclic amines) is 1. The molecule has 1 saturated heterocycles. The van der Waals surface area contributed by atoms with E-state index in [9.17, 15) is 9.59 Å². The largest absolute Gasteiger partial charge is 0.457 e. The molecule has 1 aromatic carbocycles. The van der Waals surface area contributed by atoms with Gasteiger partial charge >= 0.3 is 5.97 Å². The molecule has 4 rings (SSSR count). The molecule has 6 nitrogen and oxygen atoms in total. The molecule has 1 amide bonds. The molecule has 0 unspecified atom stereocenters. The lowest BCUT2D eigenvalue weighted by Crippen LogP contribution is -2.39. The highest BCUT2D eigenvalue weighted by atomic mass is 32.1. The second kappa shape index (κ2) is 7.78. The third kappa shape index (κ3) is 3.89. The highest BCUT2D eigenvalue weighted by Gasteiger charge is 2.26. The van der Waals surface area contributed by atoms with Crippen LogP contribution in [0.25, 0.3) is 0 Å². The Morgan fingerprint density at radius 3 is 2.89 bits per heavy atom. The fraction of sp³-hybridized carbons (Fsp3) is 0.450. The van der Waals surface area contributed by atoms with Crippen LogP contribution >= 0.6 is 11.5 Å². The smallest absolute Gasteiger partial charge is 0.338 e. The molecule has 2 aliphatic rings. The van der Waals surface area contributed by atoms with E-state index in [-0.39, 0.29) is 17.8 Å². The van der Waals surface area contributed by atoms with Crippen LogP contribution in [-0.2, 0) is 22.6 Å². The number of rotatable bonds is 5. The van der Waals surface area contributed by atoms with Crippen LogP contribution in [0.4, 0.5) is 5.00 Å². The lowest BCUT2D eigenvalue weighted by atomic mass is 9.94. The van der Waals surface area contributed by atoms with Crippen molar-refractivity contribution in [3.8, 4) is 0 Å². The molecule has 2 aromatic rings. The predicted molar refractivity (Wildman–Crippen MR) is 104 cm³/mol. The van der Waals surface area contributed by atoms with Gasteiger partial charge in [0, 0.05) is 24.2 Å². The van der Waals surface area contributed by atoms with Crippen LogP contribution in [0.2, 0.25) is 0 Å². The van der Waals surface area contributed by atoms with Crippen molar-refractivity contribution in [1.82, 2.24) is 9.27 Å². The number of nitrogens with one attached hydrogen (secondary N) is 1. The topological polar surface area (TPSA) is 71.5 Å². The predicted octanol–water partition coefficient (Wildman–Crippen LogP) is 3.02. The van der Waals surface area contributed by atoms with Crippen molar-refractivity contribution >= 4 is 28.4 Å². The first-order valence-electron chi connectivity index (χ1n) is 9.34. The van der Waals surface area contributed by atoms with Crippen molar-refractivity contribution in [3.05, 3.63) is 46.6 Å². The summed E-state index contributed by atoms with van der Waals surface area (Å²) in [5.74, 6) is -0.0235. The van der Waals surface area contributed by atoms with Gasteiger partial charge in [-0.3, -0.25) is 4.79 Å². The van der Waals surface area contributed by atoms with E-state index in [0.717, 1.165) is 49.5 Å². The Morgan fingerprint density at radius 2 is 2.15 bits per heavy atom. The first kappa shape index (κ1) is 18.1. The molecule has 0 atom stereocenters. The zero-order valence-corrected chi connectivity index (χ0v) is 16.2. The van der Waals surface area contributed by atoms with E-state index in [1.807, 2.05) is 12.1 Å². The van der Waals surface area contributed by atoms with E-state index in [0.29, 0.717) is 12.2 Å². The minimum Gasteiger partial charge on any atom is -0.457 e. The van der Waals surface area contributed by atoms with Gasteiger partial charge in [0.1, 0.15) is 11.6 Å². The number of nitrogens with zero attached hydrogens (tertiary/aromatic N) is 2. The first-order chi connectivity index (χ1) is 13.1. The zero-order valence-electron chi connectivity index (χ0n) is 15.4. The maximum Gasteiger partial charge on any atom is 0.338 e. The summed E-state index contributed by atoms with van der Waals surface area (Å²) in [4.78, 5) is 26.4. The van der Waals surface area contributed by atoms with Gasteiger partial charge in [-0.15, -0.1) is 0 Å². The van der Waals surface area contributed by atoms with E-state index >= 15 is 0 Å². The number of carbonyl (C=O) groups is 2. The molecule has 7 heteroatoms. The number of hydrogen-bond donors (Lipinski definition) is 1. The molecule has 1 N–H and O–H groups in total. The summed E-state index contributed by atoms with van der Waals surface area (Å²) in [6.07, 6.45) is 4.42. The Kier molecular flexibility index (Phi) is 5.22. The Labute approximate surface area is 162 Å². The number of piperidine rings is 1. The summed E-state index contributed by atoms with van der Waals surface area (Å²) >= 11 is 1.31. The molecule has 1 fully saturated rings. The standard InChI is InChI=1S/C20H23N3O3S/c1-13-14(2-3-16-17(13)12-26-20(16)25)5-9-23-10-6-15(7-11-23)19(24)22-18-4-8-21-27-18/h2-4,8,15H,5-7,9-12H2,1H3,(H,22,24). The number of ether oxygens (including phenoxy) is 1. The maximum atomic E-state index is 12.3. The third-order valence-corrected chi connectivity index (χ3v) is 6.28. The molecule has 142 valence electrons. The molecule has 0 aliphatic carbocycles. The highest BCUT2D eigenvalue weighted by Crippen LogP contribution is 2.27. The van der Waals surface area contributed by atoms with Gasteiger partial charge in [0.15, 0.2) is 0 Å². The van der Waals surface area contributed by atoms with Crippen molar-refractivity contribution in [3.63, 3.8) is 0 Å². The number of cyclic esters (lactones) is 1. The van der Waals surface area contributed by atoms with Crippen LogP contribution in [0, 0.1) is 12.8 Å². The highest BCUT2D eigenvalue weighted by molar-refractivity contribution is 7.10. The van der Waals surface area contributed by atoms with Crippen molar-refractivity contribution in [2.24, 2.45) is 5.92 Å². The molecule has 0 spiro atoms. The Bertz CT molecular complexity index is 842. The number of carbonyl (C=O) groups excluding carboxylic acids is 2. The van der Waals surface area contributed by atoms with Crippen molar-refractivity contribution in [2.45, 2.75) is 32.8 Å². The maximum absolute atomic E-state index is 12.3. The van der Waals surface area contributed by atoms with Gasteiger partial charge in [-0.1, -0.05) is 6.07 Å². The molecule has 27 heavy (non-hydrogen) atoms. The number of hydrogen-bond acceptors (Lipinski definition) is 6. The summed E-state index contributed by atoms with van der Waals surface area (Å²) < 4.78 is 9.15. The van der Waals surface area contributed by atoms with Crippen LogP contribution in [0.5, 0.6) is 0 Å². The van der Waals surface area contributed by atoms with E-state index in [2.05, 4.69) is 27.6 Å². The van der Waals surface area contributed by atoms with Crippen LogP contribution in [0.1, 0.15) is 39.9 Å². The minimum absolute atomic E-state index is 0.0771. The normalized spacial score (nSPS) is 17.6. The monoisotopic (exact) mass is 385 g/mol. The molecule has 1 aromatic heterocycles. The van der Waals surface area contributed by atoms with Gasteiger partial charge in [0.2, 0.25) is 5.91 Å². The zero-order chi connectivity index (χ0) is 18.8. The summed E-state index contributed by atoms with van der Waals surface area (Å²) in [6.45, 7) is 5.32. The van der Waals surface area contributed by atoms with Crippen LogP contribution < -0.4 is 5.32 Å². The molecular weight excluding hydrogens is 362 g/mol. The fourth-order valence-electron chi connectivity index (χ4n) is 3.87. The van der Waals surface area contributed by atoms with Gasteiger partial charge in [-0.05, 0) is 74.1 Å². The molecule has 2 aliphatic heterocycles. The van der Waals surface area contributed by atoms with Crippen molar-refractivity contribution in [2.75, 3.05) is 25.0 Å². The quantitative estimate of drug-likeness (QED) is 0.801. The lowest BCUT2D eigenvalue weighted by molar-refractivity contribution is -0.121. The number of amides is 1. The first-order valence-corrected chi connectivity index (χ1v) is 10.1. The number of fused-ring (bicyclic) bond motifs is 1. The second-order valence-electron chi connectivity index (χ2n) is 7.18. The van der Waals surface area contributed by atoms with Crippen molar-refractivity contribution in [1.29, 1.82) is 0 Å². The van der Waals surface area contributed by atoms with Gasteiger partial charge < -0.3 is 15.0 Å². The number of aromatic nitrogens is 1. The molecule has 3 heterocycles. The number of benzene rings is 1. The van der Waals surface area contributed by atoms with Gasteiger partial charge in [0.05, 0.1) is 5.56 Å². The molecule has 0 radical (unpaired) electrons. The number of anilines is 1. The Balaban J connectivity index is 1.28. The summed E-state index contributed by atoms with van der Waals surface area (Å²) in [6, 6.07) is 5.77. The third-order valence-electron chi connectivity index (χ3n) is 5.62. The van der Waals surface area contributed by atoms with Crippen LogP contribution in [-0.4, -0.2) is 40.8 Å². The summed E-state index contributed by atoms with van der Waals surface area (Å²) in [7, 11) is 0. The Morgan fingerprint density at radius 1 is 1.33 bits per heavy atom. The minimum atomic E-state index is -0.210. The van der Waals surface area contributed by atoms with Crippen LogP contribution in [0.15, 0.2) is 24.4 Å². The summed E-state index contributed by atoms with van der Waals surface area (Å²) in [5.41, 5.74) is 4.20. The van der Waals surface area contributed by atoms with Gasteiger partial charge in [-0.2, -0.15) is 4.37 Å². The van der Waals surface area contributed by atoms with Gasteiger partial charge in [0.25, 0.3) is 0 Å². The molecule has 0 bridgehead atoms. The van der Waals surface area contributed by atoms with Gasteiger partial charge in [-0.25, -0.2) is 4.79 Å². The Hall–Kier alpha value is -2.25. The van der Waals surface area contributed by atoms with E-state index < -0.39 is 0 Å². The van der Waals surface area contributed by atoms with E-state index in [1.165, 1.54) is 22.7 Å². The fourth-order valence-corrected chi connectivity index (χ4v) is 4.37. The lowest BCUT2D eigenvalue weighted by Gasteiger charge is -2.31. The summed E-state index contributed by atoms with van der Waals surface area (Å²) in [5, 5.41) is 3.78. The SMILES string of the molecule is Cc1c(CCN2CCC(C(=O)Nc3ccns3)CC2)ccc2c1COC2=O. The van der Waals surface area contributed by atoms with E-state index in [4.69, 9.17) is 4.74 Å². The average molecular weight is 385 g/mol. The van der Waals surface area contributed by atoms with E-state index in [1.54, 1.807) is 6.20 Å². The van der Waals surface area contributed by atoms with Crippen molar-refractivity contribution < 1.29 is 14.3 Å². The molecular formula is C20H23N3O3S. The van der Waals surface area contributed by atoms with Crippen LogP contribution in [0.3, 0.4) is 0 Å². The average Bonchev–Trinajstić information content (AvgIpc) is 3.32. The second-order valence-corrected chi connectivity index (χ2v) is 8.02.